The molecule has 36 heavy (non-hydrogen) atoms. The number of nitrogens with one attached hydrogen (secondary N) is 3. The van der Waals surface area contributed by atoms with Crippen molar-refractivity contribution in [2.24, 2.45) is 0 Å². The average Bonchev–Trinajstić information content (AvgIpc) is 3.54. The molecule has 2 aromatic heterocycles. The number of sulfonamides is 1. The second-order valence-electron chi connectivity index (χ2n) is 8.65. The Kier molecular flexibility index (Phi) is 5.78. The number of halogens is 1. The Labute approximate surface area is 219 Å². The van der Waals surface area contributed by atoms with Crippen LogP contribution in [-0.2, 0) is 21.2 Å². The van der Waals surface area contributed by atoms with Crippen molar-refractivity contribution >= 4 is 69.6 Å². The van der Waals surface area contributed by atoms with E-state index >= 15 is 0 Å². The number of hydrogen-bond donors (Lipinski definition) is 3. The monoisotopic (exact) mass is 581 g/mol. The summed E-state index contributed by atoms with van der Waals surface area (Å²) >= 11 is 5.15. The second-order valence-corrected chi connectivity index (χ2v) is 12.4. The molecule has 1 aliphatic heterocycles. The standard InChI is InChI=1S/C25H20BrN5O3S2/c26-16-4-3-7-20-23(16)30-25(35-20)29-19(24-27-17-5-1-2-6-18(17)28-24)12-14-8-10-15(11-9-14)21-13-22(32)31-36(21,33)34/h1-11,19,21H,12-13H2,(H,27,28)(H,29,30)(H,31,32)/t19-,21-/m0/s1. The number of fused-ring (bicyclic) bond motifs is 2. The van der Waals surface area contributed by atoms with Crippen LogP contribution in [0.4, 0.5) is 5.13 Å². The fraction of sp³-hybridized carbons (Fsp3) is 0.160. The lowest BCUT2D eigenvalue weighted by Crippen LogP contribution is -2.21. The molecule has 3 heterocycles. The molecule has 8 nitrogen and oxygen atoms in total. The minimum atomic E-state index is -3.68. The van der Waals surface area contributed by atoms with Crippen LogP contribution in [-0.4, -0.2) is 29.3 Å². The van der Waals surface area contributed by atoms with E-state index in [1.54, 1.807) is 23.5 Å². The van der Waals surface area contributed by atoms with Crippen molar-refractivity contribution in [3.8, 4) is 0 Å². The van der Waals surface area contributed by atoms with E-state index in [0.717, 1.165) is 42.2 Å². The Balaban J connectivity index is 1.32. The maximum absolute atomic E-state index is 12.2. The highest BCUT2D eigenvalue weighted by Crippen LogP contribution is 2.34. The number of aromatic amines is 1. The highest BCUT2D eigenvalue weighted by Gasteiger charge is 2.37. The quantitative estimate of drug-likeness (QED) is 0.253. The van der Waals surface area contributed by atoms with Crippen LogP contribution in [0, 0.1) is 0 Å². The number of hydrogen-bond acceptors (Lipinski definition) is 7. The number of thiazole rings is 1. The summed E-state index contributed by atoms with van der Waals surface area (Å²) in [6.07, 6.45) is 0.532. The smallest absolute Gasteiger partial charge is 0.242 e. The van der Waals surface area contributed by atoms with E-state index in [4.69, 9.17) is 9.97 Å². The minimum Gasteiger partial charge on any atom is -0.351 e. The highest BCUT2D eigenvalue weighted by atomic mass is 79.9. The number of anilines is 1. The fourth-order valence-electron chi connectivity index (χ4n) is 4.43. The maximum atomic E-state index is 12.2. The van der Waals surface area contributed by atoms with Crippen LogP contribution >= 0.6 is 27.3 Å². The number of carbonyl (C=O) groups excluding carboxylic acids is 1. The summed E-state index contributed by atoms with van der Waals surface area (Å²) in [5, 5.41) is 3.47. The summed E-state index contributed by atoms with van der Waals surface area (Å²) in [4.78, 5) is 24.6. The van der Waals surface area contributed by atoms with E-state index in [0.29, 0.717) is 12.0 Å². The van der Waals surface area contributed by atoms with Gasteiger partial charge in [-0.1, -0.05) is 53.8 Å². The Morgan fingerprint density at radius 3 is 2.58 bits per heavy atom. The van der Waals surface area contributed by atoms with Gasteiger partial charge < -0.3 is 10.3 Å². The summed E-state index contributed by atoms with van der Waals surface area (Å²) in [5.74, 6) is 0.312. The highest BCUT2D eigenvalue weighted by molar-refractivity contribution is 9.10. The molecule has 6 rings (SSSR count). The summed E-state index contributed by atoms with van der Waals surface area (Å²) in [5.41, 5.74) is 4.32. The molecule has 1 saturated heterocycles. The molecule has 1 amide bonds. The van der Waals surface area contributed by atoms with Crippen LogP contribution in [0.1, 0.15) is 34.7 Å². The van der Waals surface area contributed by atoms with Gasteiger partial charge in [0.1, 0.15) is 11.1 Å². The molecule has 182 valence electrons. The Hall–Kier alpha value is -3.28. The molecule has 1 fully saturated rings. The number of nitrogens with zero attached hydrogens (tertiary/aromatic N) is 2. The van der Waals surface area contributed by atoms with Crippen molar-refractivity contribution in [1.29, 1.82) is 0 Å². The molecule has 3 aromatic carbocycles. The molecule has 3 N–H and O–H groups in total. The molecule has 0 radical (unpaired) electrons. The molecule has 5 aromatic rings. The van der Waals surface area contributed by atoms with Crippen molar-refractivity contribution in [3.05, 3.63) is 88.2 Å². The van der Waals surface area contributed by atoms with Gasteiger partial charge >= 0.3 is 0 Å². The second kappa shape index (κ2) is 8.99. The fourth-order valence-corrected chi connectivity index (χ4v) is 7.39. The summed E-state index contributed by atoms with van der Waals surface area (Å²) in [7, 11) is -3.68. The zero-order valence-electron chi connectivity index (χ0n) is 18.7. The molecule has 0 bridgehead atoms. The van der Waals surface area contributed by atoms with E-state index in [-0.39, 0.29) is 12.5 Å². The number of aromatic nitrogens is 3. The first-order valence-corrected chi connectivity index (χ1v) is 14.4. The van der Waals surface area contributed by atoms with Crippen LogP contribution in [0.2, 0.25) is 0 Å². The molecule has 0 aliphatic carbocycles. The third-order valence-electron chi connectivity index (χ3n) is 6.20. The first kappa shape index (κ1) is 23.1. The Morgan fingerprint density at radius 2 is 1.86 bits per heavy atom. The third kappa shape index (κ3) is 4.38. The van der Waals surface area contributed by atoms with Gasteiger partial charge in [0.25, 0.3) is 0 Å². The molecule has 0 spiro atoms. The van der Waals surface area contributed by atoms with Crippen molar-refractivity contribution in [2.75, 3.05) is 5.32 Å². The SMILES string of the molecule is O=C1C[C@@H](c2ccc(C[C@H](Nc3nc4c(Br)cccc4s3)c3nc4ccccc4[nH]3)cc2)S(=O)(=O)N1. The van der Waals surface area contributed by atoms with E-state index in [2.05, 4.69) is 31.0 Å². The van der Waals surface area contributed by atoms with Gasteiger partial charge in [-0.05, 0) is 57.7 Å². The van der Waals surface area contributed by atoms with Crippen molar-refractivity contribution in [2.45, 2.75) is 24.1 Å². The minimum absolute atomic E-state index is 0.0575. The van der Waals surface area contributed by atoms with Crippen molar-refractivity contribution in [3.63, 3.8) is 0 Å². The molecule has 2 atom stereocenters. The van der Waals surface area contributed by atoms with Gasteiger partial charge in [0.2, 0.25) is 15.9 Å². The van der Waals surface area contributed by atoms with Gasteiger partial charge in [0.05, 0.1) is 33.7 Å². The average molecular weight is 583 g/mol. The third-order valence-corrected chi connectivity index (χ3v) is 9.49. The number of benzene rings is 3. The summed E-state index contributed by atoms with van der Waals surface area (Å²) in [6, 6.07) is 21.0. The van der Waals surface area contributed by atoms with E-state index in [1.165, 1.54) is 0 Å². The first-order chi connectivity index (χ1) is 17.4. The molecule has 0 unspecified atom stereocenters. The predicted octanol–water partition coefficient (Wildman–Crippen LogP) is 5.22. The van der Waals surface area contributed by atoms with Crippen LogP contribution in [0.15, 0.2) is 71.2 Å². The normalized spacial score (nSPS) is 17.9. The van der Waals surface area contributed by atoms with E-state index in [9.17, 15) is 13.2 Å². The number of H-pyrrole nitrogens is 1. The van der Waals surface area contributed by atoms with Gasteiger partial charge in [-0.2, -0.15) is 0 Å². The van der Waals surface area contributed by atoms with Gasteiger partial charge in [-0.25, -0.2) is 18.4 Å². The van der Waals surface area contributed by atoms with Crippen LogP contribution < -0.4 is 10.0 Å². The number of rotatable bonds is 6. The van der Waals surface area contributed by atoms with Crippen molar-refractivity contribution in [1.82, 2.24) is 19.7 Å². The first-order valence-electron chi connectivity index (χ1n) is 11.3. The summed E-state index contributed by atoms with van der Waals surface area (Å²) in [6.45, 7) is 0. The Morgan fingerprint density at radius 1 is 1.06 bits per heavy atom. The topological polar surface area (TPSA) is 117 Å². The van der Waals surface area contributed by atoms with Crippen LogP contribution in [0.3, 0.4) is 0 Å². The van der Waals surface area contributed by atoms with Gasteiger partial charge in [0, 0.05) is 4.47 Å². The number of carbonyl (C=O) groups is 1. The lowest BCUT2D eigenvalue weighted by atomic mass is 10.0. The van der Waals surface area contributed by atoms with Gasteiger partial charge in [-0.3, -0.25) is 9.52 Å². The maximum Gasteiger partial charge on any atom is 0.242 e. The molecule has 1 aliphatic rings. The van der Waals surface area contributed by atoms with E-state index in [1.807, 2.05) is 54.6 Å². The molecule has 0 saturated carbocycles. The molecular weight excluding hydrogens is 562 g/mol. The Bertz CT molecular complexity index is 1680. The van der Waals surface area contributed by atoms with Crippen LogP contribution in [0.25, 0.3) is 21.3 Å². The van der Waals surface area contributed by atoms with Gasteiger partial charge in [-0.15, -0.1) is 0 Å². The largest absolute Gasteiger partial charge is 0.351 e. The zero-order chi connectivity index (χ0) is 24.9. The van der Waals surface area contributed by atoms with Gasteiger partial charge in [0.15, 0.2) is 5.13 Å². The predicted molar refractivity (Wildman–Crippen MR) is 144 cm³/mol. The molecule has 11 heteroatoms. The molecular formula is C25H20BrN5O3S2. The number of para-hydroxylation sites is 3. The van der Waals surface area contributed by atoms with E-state index < -0.39 is 21.2 Å². The number of imidazole rings is 1. The lowest BCUT2D eigenvalue weighted by molar-refractivity contribution is -0.118. The number of amides is 1. The lowest BCUT2D eigenvalue weighted by Gasteiger charge is -2.17. The van der Waals surface area contributed by atoms with Crippen molar-refractivity contribution < 1.29 is 13.2 Å². The van der Waals surface area contributed by atoms with Crippen LogP contribution in [0.5, 0.6) is 0 Å². The summed E-state index contributed by atoms with van der Waals surface area (Å²) < 4.78 is 28.6. The zero-order valence-corrected chi connectivity index (χ0v) is 22.0.